The van der Waals surface area contributed by atoms with Gasteiger partial charge in [-0.25, -0.2) is 0 Å². The van der Waals surface area contributed by atoms with Gasteiger partial charge >= 0.3 is 0 Å². The standard InChI is InChI=1S/C21H17NO2/c1-2-13-22-14-17-18(15-9-5-3-6-10-15)21(17,20(22)24)19(23)16-11-7-4-8-12-16/h1,3-12,17-18H,13-14H2/t17-,18-,21?/m1/s1. The molecule has 2 aliphatic rings. The first kappa shape index (κ1) is 14.7. The highest BCUT2D eigenvalue weighted by molar-refractivity contribution is 6.19. The number of terminal acetylenes is 1. The number of carbonyl (C=O) groups excluding carboxylic acids is 2. The molecule has 0 N–H and O–H groups in total. The summed E-state index contributed by atoms with van der Waals surface area (Å²) in [5.74, 6) is 2.29. The first-order chi connectivity index (χ1) is 11.7. The molecule has 2 aromatic rings. The van der Waals surface area contributed by atoms with E-state index in [4.69, 9.17) is 6.42 Å². The third kappa shape index (κ3) is 1.86. The second-order valence-electron chi connectivity index (χ2n) is 6.45. The molecular formula is C21H17NO2. The lowest BCUT2D eigenvalue weighted by atomic mass is 9.89. The van der Waals surface area contributed by atoms with Gasteiger partial charge in [-0.2, -0.15) is 0 Å². The Morgan fingerprint density at radius 1 is 1.12 bits per heavy atom. The molecule has 3 nitrogen and oxygen atoms in total. The Hall–Kier alpha value is -2.86. The van der Waals surface area contributed by atoms with E-state index in [2.05, 4.69) is 5.92 Å². The fourth-order valence-electron chi connectivity index (χ4n) is 4.22. The number of amides is 1. The Labute approximate surface area is 141 Å². The van der Waals surface area contributed by atoms with E-state index in [1.165, 1.54) is 0 Å². The topological polar surface area (TPSA) is 37.4 Å². The zero-order valence-corrected chi connectivity index (χ0v) is 13.2. The van der Waals surface area contributed by atoms with Crippen LogP contribution in [0.1, 0.15) is 21.8 Å². The van der Waals surface area contributed by atoms with Crippen LogP contribution in [0.25, 0.3) is 0 Å². The molecule has 1 saturated carbocycles. The fraction of sp³-hybridized carbons (Fsp3) is 0.238. The van der Waals surface area contributed by atoms with E-state index in [1.54, 1.807) is 17.0 Å². The summed E-state index contributed by atoms with van der Waals surface area (Å²) in [7, 11) is 0. The van der Waals surface area contributed by atoms with Crippen molar-refractivity contribution < 1.29 is 9.59 Å². The van der Waals surface area contributed by atoms with Crippen LogP contribution >= 0.6 is 0 Å². The molecule has 4 rings (SSSR count). The monoisotopic (exact) mass is 315 g/mol. The lowest BCUT2D eigenvalue weighted by Crippen LogP contribution is -2.37. The lowest BCUT2D eigenvalue weighted by molar-refractivity contribution is -0.131. The van der Waals surface area contributed by atoms with Crippen LogP contribution in [-0.2, 0) is 4.79 Å². The van der Waals surface area contributed by atoms with Gasteiger partial charge in [-0.15, -0.1) is 6.42 Å². The van der Waals surface area contributed by atoms with Gasteiger partial charge in [0.1, 0.15) is 5.41 Å². The van der Waals surface area contributed by atoms with Crippen molar-refractivity contribution in [2.24, 2.45) is 11.3 Å². The number of likely N-dealkylation sites (tertiary alicyclic amines) is 1. The molecule has 1 unspecified atom stereocenters. The Bertz CT molecular complexity index is 837. The molecule has 0 aromatic heterocycles. The number of nitrogens with zero attached hydrogens (tertiary/aromatic N) is 1. The summed E-state index contributed by atoms with van der Waals surface area (Å²) >= 11 is 0. The van der Waals surface area contributed by atoms with Crippen molar-refractivity contribution in [1.82, 2.24) is 4.90 Å². The van der Waals surface area contributed by atoms with Crippen molar-refractivity contribution in [3.05, 3.63) is 71.8 Å². The van der Waals surface area contributed by atoms with Crippen LogP contribution < -0.4 is 0 Å². The first-order valence-corrected chi connectivity index (χ1v) is 8.09. The van der Waals surface area contributed by atoms with Crippen LogP contribution in [0, 0.1) is 23.7 Å². The Kier molecular flexibility index (Phi) is 3.28. The average molecular weight is 315 g/mol. The Morgan fingerprint density at radius 2 is 1.75 bits per heavy atom. The van der Waals surface area contributed by atoms with Crippen molar-refractivity contribution in [3.8, 4) is 12.3 Å². The van der Waals surface area contributed by atoms with E-state index in [-0.39, 0.29) is 30.1 Å². The fourth-order valence-corrected chi connectivity index (χ4v) is 4.22. The molecule has 2 fully saturated rings. The van der Waals surface area contributed by atoms with Crippen molar-refractivity contribution in [1.29, 1.82) is 0 Å². The second-order valence-corrected chi connectivity index (χ2v) is 6.45. The van der Waals surface area contributed by atoms with Crippen LogP contribution in [-0.4, -0.2) is 29.7 Å². The second kappa shape index (κ2) is 5.35. The van der Waals surface area contributed by atoms with Crippen LogP contribution in [0.2, 0.25) is 0 Å². The van der Waals surface area contributed by atoms with Crippen LogP contribution in [0.4, 0.5) is 0 Å². The molecule has 3 heteroatoms. The highest BCUT2D eigenvalue weighted by Crippen LogP contribution is 2.70. The van der Waals surface area contributed by atoms with Gasteiger partial charge in [0.2, 0.25) is 5.91 Å². The maximum atomic E-state index is 13.3. The minimum absolute atomic E-state index is 0.00783. The molecule has 118 valence electrons. The van der Waals surface area contributed by atoms with Gasteiger partial charge in [-0.05, 0) is 5.56 Å². The summed E-state index contributed by atoms with van der Waals surface area (Å²) < 4.78 is 0. The summed E-state index contributed by atoms with van der Waals surface area (Å²) in [5, 5.41) is 0. The quantitative estimate of drug-likeness (QED) is 0.494. The number of fused-ring (bicyclic) bond motifs is 1. The molecule has 0 bridgehead atoms. The van der Waals surface area contributed by atoms with Crippen molar-refractivity contribution in [2.75, 3.05) is 13.1 Å². The van der Waals surface area contributed by atoms with E-state index in [0.29, 0.717) is 12.1 Å². The number of ketones is 1. The summed E-state index contributed by atoms with van der Waals surface area (Å²) in [6, 6.07) is 19.0. The highest BCUT2D eigenvalue weighted by atomic mass is 16.2. The molecule has 0 radical (unpaired) electrons. The van der Waals surface area contributed by atoms with E-state index >= 15 is 0 Å². The van der Waals surface area contributed by atoms with Gasteiger partial charge in [0.05, 0.1) is 6.54 Å². The van der Waals surface area contributed by atoms with Crippen LogP contribution in [0.5, 0.6) is 0 Å². The van der Waals surface area contributed by atoms with Crippen LogP contribution in [0.3, 0.4) is 0 Å². The van der Waals surface area contributed by atoms with Crippen LogP contribution in [0.15, 0.2) is 60.7 Å². The van der Waals surface area contributed by atoms with Gasteiger partial charge < -0.3 is 4.90 Å². The SMILES string of the molecule is C#CCN1C[C@@H]2[C@@H](c3ccccc3)C2(C(=O)c2ccccc2)C1=O. The molecule has 2 aromatic carbocycles. The first-order valence-electron chi connectivity index (χ1n) is 8.09. The number of hydrogen-bond acceptors (Lipinski definition) is 2. The molecule has 24 heavy (non-hydrogen) atoms. The number of Topliss-reactive ketones (excluding diaryl/α,β-unsaturated/α-hetero) is 1. The predicted octanol–water partition coefficient (Wildman–Crippen LogP) is 2.74. The van der Waals surface area contributed by atoms with Gasteiger partial charge in [0.25, 0.3) is 0 Å². The average Bonchev–Trinajstić information content (AvgIpc) is 3.22. The van der Waals surface area contributed by atoms with E-state index < -0.39 is 5.41 Å². The number of hydrogen-bond donors (Lipinski definition) is 0. The summed E-state index contributed by atoms with van der Waals surface area (Å²) in [5.41, 5.74) is 0.678. The minimum atomic E-state index is -0.973. The minimum Gasteiger partial charge on any atom is -0.330 e. The summed E-state index contributed by atoms with van der Waals surface area (Å²) in [4.78, 5) is 28.0. The molecule has 0 spiro atoms. The molecule has 1 amide bonds. The van der Waals surface area contributed by atoms with Crippen molar-refractivity contribution in [2.45, 2.75) is 5.92 Å². The molecule has 1 aliphatic heterocycles. The largest absolute Gasteiger partial charge is 0.330 e. The zero-order valence-electron chi connectivity index (χ0n) is 13.2. The smallest absolute Gasteiger partial charge is 0.238 e. The predicted molar refractivity (Wildman–Crippen MR) is 91.3 cm³/mol. The molecule has 3 atom stereocenters. The maximum Gasteiger partial charge on any atom is 0.238 e. The Balaban J connectivity index is 1.77. The molecule has 1 saturated heterocycles. The molecule has 1 aliphatic carbocycles. The van der Waals surface area contributed by atoms with Crippen molar-refractivity contribution in [3.63, 3.8) is 0 Å². The Morgan fingerprint density at radius 3 is 2.38 bits per heavy atom. The van der Waals surface area contributed by atoms with E-state index in [1.807, 2.05) is 48.5 Å². The maximum absolute atomic E-state index is 13.3. The lowest BCUT2D eigenvalue weighted by Gasteiger charge is -2.21. The normalized spacial score (nSPS) is 27.5. The zero-order chi connectivity index (χ0) is 16.7. The molecular weight excluding hydrogens is 298 g/mol. The van der Waals surface area contributed by atoms with Gasteiger partial charge in [0.15, 0.2) is 5.78 Å². The van der Waals surface area contributed by atoms with E-state index in [0.717, 1.165) is 5.56 Å². The van der Waals surface area contributed by atoms with E-state index in [9.17, 15) is 9.59 Å². The number of rotatable bonds is 4. The van der Waals surface area contributed by atoms with Gasteiger partial charge in [0, 0.05) is 23.9 Å². The number of benzene rings is 2. The number of carbonyl (C=O) groups is 2. The summed E-state index contributed by atoms with van der Waals surface area (Å²) in [6.45, 7) is 0.821. The highest BCUT2D eigenvalue weighted by Gasteiger charge is 2.78. The van der Waals surface area contributed by atoms with Gasteiger partial charge in [-0.3, -0.25) is 9.59 Å². The third-order valence-electron chi connectivity index (χ3n) is 5.28. The third-order valence-corrected chi connectivity index (χ3v) is 5.28. The molecule has 1 heterocycles. The summed E-state index contributed by atoms with van der Waals surface area (Å²) in [6.07, 6.45) is 5.38. The van der Waals surface area contributed by atoms with Gasteiger partial charge in [-0.1, -0.05) is 66.6 Å². The number of piperidine rings is 1. The van der Waals surface area contributed by atoms with Crippen molar-refractivity contribution >= 4 is 11.7 Å².